The summed E-state index contributed by atoms with van der Waals surface area (Å²) in [4.78, 5) is 31.5. The molecule has 6 nitrogen and oxygen atoms in total. The molecule has 1 aromatic heterocycles. The predicted molar refractivity (Wildman–Crippen MR) is 78.5 cm³/mol. The van der Waals surface area contributed by atoms with Gasteiger partial charge >= 0.3 is 5.97 Å². The molecule has 0 fully saturated rings. The molecule has 1 aliphatic heterocycles. The fourth-order valence-electron chi connectivity index (χ4n) is 2.12. The van der Waals surface area contributed by atoms with Crippen molar-refractivity contribution in [3.63, 3.8) is 0 Å². The number of ether oxygens (including phenoxy) is 1. The first-order valence-corrected chi connectivity index (χ1v) is 7.02. The molecule has 2 atom stereocenters. The molecule has 0 bridgehead atoms. The minimum absolute atomic E-state index is 0.192. The molecule has 2 rings (SSSR count). The Morgan fingerprint density at radius 1 is 1.38 bits per heavy atom. The summed E-state index contributed by atoms with van der Waals surface area (Å²) in [5.74, 6) is -1.78. The number of rotatable bonds is 3. The van der Waals surface area contributed by atoms with E-state index in [1.807, 2.05) is 6.92 Å². The van der Waals surface area contributed by atoms with Crippen LogP contribution >= 0.6 is 23.2 Å². The van der Waals surface area contributed by atoms with Gasteiger partial charge in [0.2, 0.25) is 0 Å². The SMILES string of the molecule is CCC1NC(c2cc(Cl)nc(Cl)c2)=NC(=O)C1C(=O)OC. The molecule has 0 aliphatic carbocycles. The number of nitrogens with zero attached hydrogens (tertiary/aromatic N) is 2. The zero-order chi connectivity index (χ0) is 15.6. The Kier molecular flexibility index (Phi) is 4.80. The fourth-order valence-corrected chi connectivity index (χ4v) is 2.58. The largest absolute Gasteiger partial charge is 0.468 e. The summed E-state index contributed by atoms with van der Waals surface area (Å²) >= 11 is 11.7. The van der Waals surface area contributed by atoms with Gasteiger partial charge in [0, 0.05) is 11.6 Å². The monoisotopic (exact) mass is 329 g/mol. The zero-order valence-electron chi connectivity index (χ0n) is 11.4. The molecule has 0 saturated carbocycles. The fraction of sp³-hybridized carbons (Fsp3) is 0.385. The van der Waals surface area contributed by atoms with Gasteiger partial charge in [-0.05, 0) is 18.6 Å². The lowest BCUT2D eigenvalue weighted by atomic mass is 9.94. The Morgan fingerprint density at radius 3 is 2.52 bits per heavy atom. The molecule has 112 valence electrons. The third-order valence-corrected chi connectivity index (χ3v) is 3.53. The number of aromatic nitrogens is 1. The van der Waals surface area contributed by atoms with Crippen LogP contribution in [0.1, 0.15) is 18.9 Å². The van der Waals surface area contributed by atoms with Gasteiger partial charge in [-0.2, -0.15) is 4.99 Å². The van der Waals surface area contributed by atoms with Crippen molar-refractivity contribution >= 4 is 40.9 Å². The van der Waals surface area contributed by atoms with Crippen molar-refractivity contribution in [2.24, 2.45) is 10.9 Å². The summed E-state index contributed by atoms with van der Waals surface area (Å²) < 4.78 is 4.65. The summed E-state index contributed by atoms with van der Waals surface area (Å²) in [7, 11) is 1.24. The first kappa shape index (κ1) is 15.7. The zero-order valence-corrected chi connectivity index (χ0v) is 12.9. The summed E-state index contributed by atoms with van der Waals surface area (Å²) in [5.41, 5.74) is 0.537. The van der Waals surface area contributed by atoms with E-state index in [1.165, 1.54) is 19.2 Å². The number of esters is 1. The summed E-state index contributed by atoms with van der Waals surface area (Å²) in [5, 5.41) is 3.44. The number of halogens is 2. The lowest BCUT2D eigenvalue weighted by Crippen LogP contribution is -2.51. The standard InChI is InChI=1S/C13H13Cl2N3O3/c1-3-7-10(13(20)21-2)12(19)18-11(16-7)6-4-8(14)17-9(15)5-6/h4-5,7,10H,3H2,1-2H3,(H,16,18,19). The number of amides is 1. The number of amidine groups is 1. The number of methoxy groups -OCH3 is 1. The number of nitrogens with one attached hydrogen (secondary N) is 1. The first-order chi connectivity index (χ1) is 9.96. The maximum atomic E-state index is 12.1. The van der Waals surface area contributed by atoms with Crippen LogP contribution in [0.3, 0.4) is 0 Å². The Balaban J connectivity index is 2.39. The summed E-state index contributed by atoms with van der Waals surface area (Å²) in [6.45, 7) is 1.86. The molecule has 1 N–H and O–H groups in total. The molecule has 8 heteroatoms. The van der Waals surface area contributed by atoms with E-state index in [-0.39, 0.29) is 10.3 Å². The Morgan fingerprint density at radius 2 is 2.00 bits per heavy atom. The normalized spacial score (nSPS) is 21.5. The van der Waals surface area contributed by atoms with Crippen molar-refractivity contribution in [2.75, 3.05) is 7.11 Å². The van der Waals surface area contributed by atoms with Crippen molar-refractivity contribution in [3.8, 4) is 0 Å². The third kappa shape index (κ3) is 3.33. The Bertz CT molecular complexity index is 598. The van der Waals surface area contributed by atoms with Gasteiger partial charge in [-0.3, -0.25) is 9.59 Å². The average molecular weight is 330 g/mol. The second-order valence-electron chi connectivity index (χ2n) is 4.46. The van der Waals surface area contributed by atoms with Crippen molar-refractivity contribution in [1.29, 1.82) is 0 Å². The van der Waals surface area contributed by atoms with E-state index < -0.39 is 23.8 Å². The molecule has 1 aromatic rings. The van der Waals surface area contributed by atoms with E-state index in [1.54, 1.807) is 0 Å². The first-order valence-electron chi connectivity index (χ1n) is 6.26. The highest BCUT2D eigenvalue weighted by Crippen LogP contribution is 2.21. The number of pyridine rings is 1. The van der Waals surface area contributed by atoms with E-state index in [9.17, 15) is 9.59 Å². The van der Waals surface area contributed by atoms with Gasteiger partial charge in [-0.15, -0.1) is 0 Å². The van der Waals surface area contributed by atoms with E-state index >= 15 is 0 Å². The average Bonchev–Trinajstić information content (AvgIpc) is 2.44. The van der Waals surface area contributed by atoms with Crippen LogP contribution in [0.4, 0.5) is 0 Å². The van der Waals surface area contributed by atoms with Crippen LogP contribution in [0.2, 0.25) is 10.3 Å². The Labute approximate surface area is 131 Å². The van der Waals surface area contributed by atoms with E-state index in [0.717, 1.165) is 0 Å². The van der Waals surface area contributed by atoms with Crippen LogP contribution in [0.25, 0.3) is 0 Å². The van der Waals surface area contributed by atoms with Crippen molar-refractivity contribution in [2.45, 2.75) is 19.4 Å². The molecular weight excluding hydrogens is 317 g/mol. The maximum absolute atomic E-state index is 12.1. The van der Waals surface area contributed by atoms with E-state index in [2.05, 4.69) is 20.0 Å². The number of aliphatic imine (C=N–C) groups is 1. The topological polar surface area (TPSA) is 80.7 Å². The highest BCUT2D eigenvalue weighted by atomic mass is 35.5. The molecule has 0 aromatic carbocycles. The highest BCUT2D eigenvalue weighted by Gasteiger charge is 2.39. The van der Waals surface area contributed by atoms with Crippen LogP contribution in [0.15, 0.2) is 17.1 Å². The minimum atomic E-state index is -0.948. The van der Waals surface area contributed by atoms with Gasteiger partial charge in [0.05, 0.1) is 7.11 Å². The van der Waals surface area contributed by atoms with Gasteiger partial charge in [-0.25, -0.2) is 4.98 Å². The number of hydrogen-bond acceptors (Lipinski definition) is 5. The summed E-state index contributed by atoms with van der Waals surface area (Å²) in [6, 6.07) is 2.68. The van der Waals surface area contributed by atoms with Gasteiger partial charge in [0.1, 0.15) is 16.1 Å². The molecule has 0 radical (unpaired) electrons. The van der Waals surface area contributed by atoms with E-state index in [4.69, 9.17) is 23.2 Å². The minimum Gasteiger partial charge on any atom is -0.468 e. The molecule has 2 unspecified atom stereocenters. The number of hydrogen-bond donors (Lipinski definition) is 1. The molecule has 1 aliphatic rings. The number of carbonyl (C=O) groups is 2. The number of carbonyl (C=O) groups excluding carboxylic acids is 2. The van der Waals surface area contributed by atoms with Crippen LogP contribution in [0, 0.1) is 5.92 Å². The molecular formula is C13H13Cl2N3O3. The van der Waals surface area contributed by atoms with Gasteiger partial charge < -0.3 is 10.1 Å². The van der Waals surface area contributed by atoms with Gasteiger partial charge in [0.15, 0.2) is 5.92 Å². The van der Waals surface area contributed by atoms with Crippen molar-refractivity contribution in [3.05, 3.63) is 28.0 Å². The molecule has 21 heavy (non-hydrogen) atoms. The predicted octanol–water partition coefficient (Wildman–Crippen LogP) is 1.83. The third-order valence-electron chi connectivity index (χ3n) is 3.14. The van der Waals surface area contributed by atoms with Crippen LogP contribution in [-0.2, 0) is 14.3 Å². The van der Waals surface area contributed by atoms with Crippen LogP contribution < -0.4 is 5.32 Å². The van der Waals surface area contributed by atoms with Gasteiger partial charge in [0.25, 0.3) is 5.91 Å². The lowest BCUT2D eigenvalue weighted by molar-refractivity contribution is -0.150. The van der Waals surface area contributed by atoms with Crippen LogP contribution in [-0.4, -0.2) is 35.8 Å². The molecule has 0 spiro atoms. The van der Waals surface area contributed by atoms with Crippen molar-refractivity contribution < 1.29 is 14.3 Å². The highest BCUT2D eigenvalue weighted by molar-refractivity contribution is 6.33. The molecule has 1 amide bonds. The molecule has 0 saturated heterocycles. The van der Waals surface area contributed by atoms with E-state index in [0.29, 0.717) is 17.8 Å². The van der Waals surface area contributed by atoms with Gasteiger partial charge in [-0.1, -0.05) is 30.1 Å². The van der Waals surface area contributed by atoms with Crippen molar-refractivity contribution in [1.82, 2.24) is 10.3 Å². The second-order valence-corrected chi connectivity index (χ2v) is 5.23. The second kappa shape index (κ2) is 6.41. The van der Waals surface area contributed by atoms with Crippen LogP contribution in [0.5, 0.6) is 0 Å². The molecule has 2 heterocycles. The quantitative estimate of drug-likeness (QED) is 0.520. The lowest BCUT2D eigenvalue weighted by Gasteiger charge is -2.28. The maximum Gasteiger partial charge on any atom is 0.320 e. The smallest absolute Gasteiger partial charge is 0.320 e. The summed E-state index contributed by atoms with van der Waals surface area (Å²) in [6.07, 6.45) is 0.553. The Hall–Kier alpha value is -1.66.